The summed E-state index contributed by atoms with van der Waals surface area (Å²) in [5.41, 5.74) is 0. The second-order valence-corrected chi connectivity index (χ2v) is 1.10. The van der Waals surface area contributed by atoms with Crippen LogP contribution in [0.1, 0.15) is 26.7 Å². The van der Waals surface area contributed by atoms with E-state index in [1.807, 2.05) is 5.92 Å². The van der Waals surface area contributed by atoms with E-state index in [-0.39, 0.29) is 17.1 Å². The Balaban J connectivity index is -0.0000000575. The van der Waals surface area contributed by atoms with Crippen molar-refractivity contribution in [2.24, 2.45) is 0 Å². The van der Waals surface area contributed by atoms with Crippen LogP contribution in [0.25, 0.3) is 0 Å². The van der Waals surface area contributed by atoms with E-state index in [9.17, 15) is 0 Å². The first-order valence-corrected chi connectivity index (χ1v) is 2.46. The topological polar surface area (TPSA) is 0 Å². The zero-order valence-electron chi connectivity index (χ0n) is 5.42. The van der Waals surface area contributed by atoms with Crippen LogP contribution in [0.4, 0.5) is 0 Å². The first kappa shape index (κ1) is 15.7. The van der Waals surface area contributed by atoms with Gasteiger partial charge in [0.05, 0.1) is 0 Å². The molecule has 0 spiro atoms. The molecule has 0 saturated carbocycles. The van der Waals surface area contributed by atoms with Crippen LogP contribution in [0.3, 0.4) is 0 Å². The Morgan fingerprint density at radius 3 is 1.75 bits per heavy atom. The molecule has 0 aromatic heterocycles. The van der Waals surface area contributed by atoms with E-state index in [1.54, 1.807) is 6.92 Å². The van der Waals surface area contributed by atoms with Gasteiger partial charge in [0.1, 0.15) is 0 Å². The van der Waals surface area contributed by atoms with E-state index < -0.39 is 0 Å². The van der Waals surface area contributed by atoms with Crippen LogP contribution in [-0.2, 0) is 17.1 Å². The van der Waals surface area contributed by atoms with Gasteiger partial charge in [-0.05, 0) is 6.92 Å². The van der Waals surface area contributed by atoms with Crippen molar-refractivity contribution in [3.8, 4) is 5.92 Å². The molecule has 0 saturated heterocycles. The first-order chi connectivity index (χ1) is 3.33. The van der Waals surface area contributed by atoms with Crippen molar-refractivity contribution >= 4 is 0 Å². The second-order valence-electron chi connectivity index (χ2n) is 1.10. The standard InChI is InChI=1S/C4H9.C3H3.Cu/c1-3-4-2;1-3-2;/h1,3-4H2,2H3;1H3;/q2*-1;+2. The van der Waals surface area contributed by atoms with Crippen molar-refractivity contribution in [3.63, 3.8) is 0 Å². The monoisotopic (exact) mass is 159 g/mol. The molecule has 0 aliphatic heterocycles. The summed E-state index contributed by atoms with van der Waals surface area (Å²) >= 11 is 0. The van der Waals surface area contributed by atoms with Crippen LogP contribution in [-0.4, -0.2) is 0 Å². The third kappa shape index (κ3) is 135. The van der Waals surface area contributed by atoms with Crippen molar-refractivity contribution < 1.29 is 17.1 Å². The van der Waals surface area contributed by atoms with Crippen LogP contribution >= 0.6 is 0 Å². The Kier molecular flexibility index (Phi) is 54.1. The van der Waals surface area contributed by atoms with Crippen LogP contribution in [0.15, 0.2) is 0 Å². The molecular weight excluding hydrogens is 148 g/mol. The summed E-state index contributed by atoms with van der Waals surface area (Å²) in [6.07, 6.45) is 8.24. The number of unbranched alkanes of at least 4 members (excludes halogenated alkanes) is 1. The van der Waals surface area contributed by atoms with Crippen molar-refractivity contribution in [3.05, 3.63) is 13.3 Å². The molecule has 0 aromatic rings. The molecule has 0 heterocycles. The molecule has 0 rings (SSSR count). The van der Waals surface area contributed by atoms with Gasteiger partial charge in [0, 0.05) is 0 Å². The summed E-state index contributed by atoms with van der Waals surface area (Å²) < 4.78 is 0. The minimum Gasteiger partial charge on any atom is -0.694 e. The third-order valence-electron chi connectivity index (χ3n) is 0.354. The van der Waals surface area contributed by atoms with E-state index in [1.165, 1.54) is 6.42 Å². The van der Waals surface area contributed by atoms with E-state index in [4.69, 9.17) is 6.42 Å². The van der Waals surface area contributed by atoms with Gasteiger partial charge in [-0.15, -0.1) is 0 Å². The number of hydrogen-bond acceptors (Lipinski definition) is 0. The largest absolute Gasteiger partial charge is 2.00 e. The fourth-order valence-corrected chi connectivity index (χ4v) is 0. The Morgan fingerprint density at radius 2 is 1.75 bits per heavy atom. The van der Waals surface area contributed by atoms with Crippen molar-refractivity contribution in [1.82, 2.24) is 0 Å². The van der Waals surface area contributed by atoms with Gasteiger partial charge >= 0.3 is 17.1 Å². The predicted molar refractivity (Wildman–Crippen MR) is 33.1 cm³/mol. The number of rotatable bonds is 1. The molecule has 0 fully saturated rings. The summed E-state index contributed by atoms with van der Waals surface area (Å²) in [6, 6.07) is 0. The fraction of sp³-hybridized carbons (Fsp3) is 0.571. The average Bonchev–Trinajstić information content (AvgIpc) is 1.69. The van der Waals surface area contributed by atoms with Gasteiger partial charge in [-0.1, -0.05) is 13.3 Å². The van der Waals surface area contributed by atoms with E-state index >= 15 is 0 Å². The zero-order valence-corrected chi connectivity index (χ0v) is 6.36. The van der Waals surface area contributed by atoms with Gasteiger partial charge in [-0.3, -0.25) is 0 Å². The molecule has 0 aliphatic rings. The fourth-order valence-electron chi connectivity index (χ4n) is 0. The van der Waals surface area contributed by atoms with Crippen molar-refractivity contribution in [2.75, 3.05) is 0 Å². The van der Waals surface area contributed by atoms with E-state index in [0.717, 1.165) is 6.42 Å². The quantitative estimate of drug-likeness (QED) is 0.313. The Labute approximate surface area is 63.5 Å². The molecule has 0 atom stereocenters. The molecule has 0 aliphatic carbocycles. The Hall–Kier alpha value is 0.0795. The summed E-state index contributed by atoms with van der Waals surface area (Å²) in [5.74, 6) is 2.00. The SMILES string of the molecule is [C-]#CC.[CH2-]CCC.[Cu+2]. The molecule has 0 aromatic carbocycles. The average molecular weight is 160 g/mol. The third-order valence-corrected chi connectivity index (χ3v) is 0.354. The normalized spacial score (nSPS) is 4.75. The first-order valence-electron chi connectivity index (χ1n) is 2.46. The van der Waals surface area contributed by atoms with Crippen LogP contribution in [0, 0.1) is 19.3 Å². The maximum absolute atomic E-state index is 5.96. The van der Waals surface area contributed by atoms with Crippen LogP contribution in [0.5, 0.6) is 0 Å². The summed E-state index contributed by atoms with van der Waals surface area (Å²) in [4.78, 5) is 0. The van der Waals surface area contributed by atoms with Gasteiger partial charge in [0.2, 0.25) is 0 Å². The van der Waals surface area contributed by atoms with E-state index in [0.29, 0.717) is 0 Å². The molecule has 1 heteroatoms. The van der Waals surface area contributed by atoms with Crippen molar-refractivity contribution in [2.45, 2.75) is 26.7 Å². The molecule has 0 amide bonds. The molecule has 51 valence electrons. The second kappa shape index (κ2) is 27.6. The van der Waals surface area contributed by atoms with Crippen molar-refractivity contribution in [1.29, 1.82) is 0 Å². The summed E-state index contributed by atoms with van der Waals surface area (Å²) in [6.45, 7) is 7.26. The summed E-state index contributed by atoms with van der Waals surface area (Å²) in [7, 11) is 0. The molecule has 0 bridgehead atoms. The minimum absolute atomic E-state index is 0. The molecule has 0 nitrogen and oxygen atoms in total. The van der Waals surface area contributed by atoms with Gasteiger partial charge < -0.3 is 19.3 Å². The van der Waals surface area contributed by atoms with Gasteiger partial charge in [0.25, 0.3) is 0 Å². The minimum atomic E-state index is 0. The van der Waals surface area contributed by atoms with Gasteiger partial charge in [-0.25, -0.2) is 0 Å². The molecule has 1 radical (unpaired) electrons. The van der Waals surface area contributed by atoms with Crippen LogP contribution in [0.2, 0.25) is 0 Å². The maximum atomic E-state index is 5.96. The molecule has 0 unspecified atom stereocenters. The molecular formula is C7H12Cu. The van der Waals surface area contributed by atoms with Gasteiger partial charge in [0.15, 0.2) is 0 Å². The molecule has 0 N–H and O–H groups in total. The Bertz CT molecular complexity index is 40.8. The van der Waals surface area contributed by atoms with Gasteiger partial charge in [-0.2, -0.15) is 6.42 Å². The summed E-state index contributed by atoms with van der Waals surface area (Å²) in [5, 5.41) is 0. The maximum Gasteiger partial charge on any atom is 2.00 e. The van der Waals surface area contributed by atoms with Crippen LogP contribution < -0.4 is 0 Å². The Morgan fingerprint density at radius 1 is 1.62 bits per heavy atom. The zero-order chi connectivity index (χ0) is 6.12. The number of hydrogen-bond donors (Lipinski definition) is 0. The predicted octanol–water partition coefficient (Wildman–Crippen LogP) is 2.21. The molecule has 8 heavy (non-hydrogen) atoms. The smallest absolute Gasteiger partial charge is 0.694 e. The van der Waals surface area contributed by atoms with E-state index in [2.05, 4.69) is 13.8 Å².